The first-order valence-corrected chi connectivity index (χ1v) is 10.2. The number of aromatic nitrogens is 4. The van der Waals surface area contributed by atoms with Crippen LogP contribution in [0.1, 0.15) is 52.7 Å². The van der Waals surface area contributed by atoms with Crippen molar-refractivity contribution in [3.63, 3.8) is 0 Å². The van der Waals surface area contributed by atoms with Crippen LogP contribution in [0.5, 0.6) is 0 Å². The molecule has 2 N–H and O–H groups in total. The van der Waals surface area contributed by atoms with Crippen molar-refractivity contribution < 1.29 is 18.7 Å². The lowest BCUT2D eigenvalue weighted by Gasteiger charge is -2.33. The number of amides is 1. The molecule has 0 bridgehead atoms. The van der Waals surface area contributed by atoms with E-state index in [0.29, 0.717) is 28.4 Å². The van der Waals surface area contributed by atoms with Gasteiger partial charge < -0.3 is 19.4 Å². The molecule has 1 amide bonds. The summed E-state index contributed by atoms with van der Waals surface area (Å²) in [5.41, 5.74) is 0.561. The van der Waals surface area contributed by atoms with E-state index in [9.17, 15) is 14.3 Å². The summed E-state index contributed by atoms with van der Waals surface area (Å²) < 4.78 is 20.5. The summed E-state index contributed by atoms with van der Waals surface area (Å²) in [6, 6.07) is 4.21. The summed E-state index contributed by atoms with van der Waals surface area (Å²) in [5.74, 6) is -0.724. The Hall–Kier alpha value is -3.11. The minimum absolute atomic E-state index is 0.0170. The van der Waals surface area contributed by atoms with Crippen LogP contribution in [-0.4, -0.2) is 42.4 Å². The van der Waals surface area contributed by atoms with Crippen LogP contribution in [0.25, 0.3) is 10.2 Å². The maximum Gasteiger partial charge on any atom is 0.292 e. The van der Waals surface area contributed by atoms with E-state index in [2.05, 4.69) is 19.9 Å². The Morgan fingerprint density at radius 1 is 1.40 bits per heavy atom. The first-order chi connectivity index (χ1) is 14.3. The number of aromatic amines is 1. The van der Waals surface area contributed by atoms with Gasteiger partial charge in [0.1, 0.15) is 28.0 Å². The van der Waals surface area contributed by atoms with Gasteiger partial charge in [-0.05, 0) is 26.0 Å². The Bertz CT molecular complexity index is 1250. The maximum absolute atomic E-state index is 14.2. The van der Waals surface area contributed by atoms with Crippen molar-refractivity contribution in [1.82, 2.24) is 24.8 Å². The van der Waals surface area contributed by atoms with Gasteiger partial charge in [0, 0.05) is 18.7 Å². The number of fused-ring (bicyclic) bond motifs is 2. The van der Waals surface area contributed by atoms with Crippen molar-refractivity contribution in [2.75, 3.05) is 6.54 Å². The van der Waals surface area contributed by atoms with E-state index in [1.807, 2.05) is 0 Å². The SMILES string of the molecule is CC(C)(O)c1ncc(C(=O)N2CCc3[nH]cnc3[C@H]2c2nc3c(F)cccc3s2)o1. The minimum atomic E-state index is -1.31. The third-order valence-corrected chi connectivity index (χ3v) is 6.12. The fourth-order valence-electron chi connectivity index (χ4n) is 3.59. The Morgan fingerprint density at radius 2 is 2.23 bits per heavy atom. The second-order valence-electron chi connectivity index (χ2n) is 7.64. The van der Waals surface area contributed by atoms with Crippen LogP contribution >= 0.6 is 11.3 Å². The largest absolute Gasteiger partial charge is 0.432 e. The molecule has 0 radical (unpaired) electrons. The van der Waals surface area contributed by atoms with E-state index in [1.54, 1.807) is 23.4 Å². The van der Waals surface area contributed by atoms with Crippen LogP contribution in [0.4, 0.5) is 4.39 Å². The van der Waals surface area contributed by atoms with E-state index in [1.165, 1.54) is 37.4 Å². The van der Waals surface area contributed by atoms with Gasteiger partial charge >= 0.3 is 0 Å². The van der Waals surface area contributed by atoms with Crippen molar-refractivity contribution in [1.29, 1.82) is 0 Å². The number of para-hydroxylation sites is 1. The molecule has 4 heterocycles. The van der Waals surface area contributed by atoms with Gasteiger partial charge in [-0.2, -0.15) is 0 Å². The molecule has 1 aliphatic rings. The molecule has 1 aromatic carbocycles. The first kappa shape index (κ1) is 18.9. The number of halogens is 1. The molecular weight excluding hydrogens is 409 g/mol. The number of rotatable bonds is 3. The molecule has 0 unspecified atom stereocenters. The molecule has 8 nitrogen and oxygen atoms in total. The highest BCUT2D eigenvalue weighted by Gasteiger charge is 2.38. The molecule has 0 saturated carbocycles. The van der Waals surface area contributed by atoms with Gasteiger partial charge in [-0.1, -0.05) is 6.07 Å². The lowest BCUT2D eigenvalue weighted by atomic mass is 10.0. The second kappa shape index (κ2) is 6.71. The van der Waals surface area contributed by atoms with Crippen molar-refractivity contribution in [3.05, 3.63) is 64.6 Å². The molecule has 154 valence electrons. The summed E-state index contributed by atoms with van der Waals surface area (Å²) in [7, 11) is 0. The molecule has 0 spiro atoms. The number of benzene rings is 1. The summed E-state index contributed by atoms with van der Waals surface area (Å²) >= 11 is 1.33. The van der Waals surface area contributed by atoms with Gasteiger partial charge in [-0.3, -0.25) is 4.79 Å². The predicted molar refractivity (Wildman–Crippen MR) is 106 cm³/mol. The fraction of sp³-hybridized carbons (Fsp3) is 0.300. The molecule has 0 fully saturated rings. The average Bonchev–Trinajstić information content (AvgIpc) is 3.44. The van der Waals surface area contributed by atoms with Gasteiger partial charge in [0.25, 0.3) is 5.91 Å². The predicted octanol–water partition coefficient (Wildman–Crippen LogP) is 3.16. The number of carbonyl (C=O) groups excluding carboxylic acids is 1. The van der Waals surface area contributed by atoms with Crippen molar-refractivity contribution in [2.45, 2.75) is 31.9 Å². The standard InChI is InChI=1S/C20H18FN5O3S/c1-20(2,28)19-22-8-12(29-19)18(27)26-7-6-11-15(24-9-23-11)16(26)17-25-14-10(21)4-3-5-13(14)30-17/h3-5,8-9,16,28H,6-7H2,1-2H3,(H,23,24)/t16-/m0/s1. The number of carbonyl (C=O) groups is 1. The van der Waals surface area contributed by atoms with E-state index in [-0.39, 0.29) is 17.2 Å². The van der Waals surface area contributed by atoms with E-state index in [4.69, 9.17) is 4.42 Å². The monoisotopic (exact) mass is 427 g/mol. The van der Waals surface area contributed by atoms with Crippen LogP contribution in [0.2, 0.25) is 0 Å². The van der Waals surface area contributed by atoms with Gasteiger partial charge in [-0.15, -0.1) is 11.3 Å². The van der Waals surface area contributed by atoms with Crippen molar-refractivity contribution in [2.24, 2.45) is 0 Å². The Labute approximate surface area is 174 Å². The topological polar surface area (TPSA) is 108 Å². The minimum Gasteiger partial charge on any atom is -0.432 e. The average molecular weight is 427 g/mol. The van der Waals surface area contributed by atoms with Gasteiger partial charge in [-0.25, -0.2) is 19.3 Å². The van der Waals surface area contributed by atoms with Crippen LogP contribution in [0, 0.1) is 5.82 Å². The highest BCUT2D eigenvalue weighted by atomic mass is 32.1. The summed E-state index contributed by atoms with van der Waals surface area (Å²) in [5, 5.41) is 10.7. The number of nitrogens with zero attached hydrogens (tertiary/aromatic N) is 4. The Morgan fingerprint density at radius 3 is 2.97 bits per heavy atom. The van der Waals surface area contributed by atoms with Gasteiger partial charge in [0.05, 0.1) is 22.9 Å². The maximum atomic E-state index is 14.2. The summed E-state index contributed by atoms with van der Waals surface area (Å²) in [4.78, 5) is 31.0. The molecule has 5 rings (SSSR count). The molecule has 10 heteroatoms. The normalized spacial score (nSPS) is 16.8. The Balaban J connectivity index is 1.59. The highest BCUT2D eigenvalue weighted by Crippen LogP contribution is 2.38. The summed E-state index contributed by atoms with van der Waals surface area (Å²) in [6.07, 6.45) is 3.48. The van der Waals surface area contributed by atoms with Crippen LogP contribution in [0.15, 0.2) is 35.1 Å². The third kappa shape index (κ3) is 2.99. The number of imidazole rings is 1. The van der Waals surface area contributed by atoms with Crippen molar-refractivity contribution >= 4 is 27.5 Å². The molecule has 1 aliphatic heterocycles. The van der Waals surface area contributed by atoms with Crippen molar-refractivity contribution in [3.8, 4) is 0 Å². The van der Waals surface area contributed by atoms with E-state index in [0.717, 1.165) is 5.69 Å². The van der Waals surface area contributed by atoms with Crippen LogP contribution < -0.4 is 0 Å². The zero-order chi connectivity index (χ0) is 21.0. The van der Waals surface area contributed by atoms with E-state index >= 15 is 0 Å². The molecule has 1 atom stereocenters. The number of hydrogen-bond acceptors (Lipinski definition) is 7. The quantitative estimate of drug-likeness (QED) is 0.520. The fourth-order valence-corrected chi connectivity index (χ4v) is 4.69. The molecule has 0 aliphatic carbocycles. The third-order valence-electron chi connectivity index (χ3n) is 5.05. The highest BCUT2D eigenvalue weighted by molar-refractivity contribution is 7.18. The van der Waals surface area contributed by atoms with E-state index < -0.39 is 23.4 Å². The zero-order valence-electron chi connectivity index (χ0n) is 16.2. The second-order valence-corrected chi connectivity index (χ2v) is 8.71. The number of H-pyrrole nitrogens is 1. The molecule has 3 aromatic heterocycles. The number of aliphatic hydroxyl groups is 1. The van der Waals surface area contributed by atoms with Crippen LogP contribution in [0.3, 0.4) is 0 Å². The molecule has 4 aromatic rings. The lowest BCUT2D eigenvalue weighted by Crippen LogP contribution is -2.40. The number of oxazole rings is 1. The number of nitrogens with one attached hydrogen (secondary N) is 1. The first-order valence-electron chi connectivity index (χ1n) is 9.39. The molecule has 0 saturated heterocycles. The number of hydrogen-bond donors (Lipinski definition) is 2. The lowest BCUT2D eigenvalue weighted by molar-refractivity contribution is 0.0441. The zero-order valence-corrected chi connectivity index (χ0v) is 17.0. The number of thiazole rings is 1. The Kier molecular flexibility index (Phi) is 4.23. The smallest absolute Gasteiger partial charge is 0.292 e. The van der Waals surface area contributed by atoms with Crippen LogP contribution in [-0.2, 0) is 12.0 Å². The van der Waals surface area contributed by atoms with Gasteiger partial charge in [0.15, 0.2) is 0 Å². The van der Waals surface area contributed by atoms with Gasteiger partial charge in [0.2, 0.25) is 11.7 Å². The molecular formula is C20H18FN5O3S. The summed E-state index contributed by atoms with van der Waals surface area (Å²) in [6.45, 7) is 3.46. The molecule has 30 heavy (non-hydrogen) atoms.